The van der Waals surface area contributed by atoms with Crippen LogP contribution in [0.25, 0.3) is 5.57 Å². The van der Waals surface area contributed by atoms with Gasteiger partial charge in [-0.3, -0.25) is 0 Å². The molecule has 2 nitrogen and oxygen atoms in total. The summed E-state index contributed by atoms with van der Waals surface area (Å²) in [5.74, 6) is -0.162. The van der Waals surface area contributed by atoms with Crippen molar-refractivity contribution >= 4 is 13.6 Å². The predicted octanol–water partition coefficient (Wildman–Crippen LogP) is 0.609. The smallest absolute Gasteiger partial charge is 0.605 e. The normalized spacial score (nSPS) is 20.3. The summed E-state index contributed by atoms with van der Waals surface area (Å²) < 4.78 is 5.85. The Hall–Kier alpha value is -1.41. The first kappa shape index (κ1) is 17.9. The van der Waals surface area contributed by atoms with E-state index in [0.29, 0.717) is 0 Å². The molecule has 0 N–H and O–H groups in total. The topological polar surface area (TPSA) is 32.3 Å². The summed E-state index contributed by atoms with van der Waals surface area (Å²) in [6.45, 7) is 6.81. The molecule has 0 saturated heterocycles. The van der Waals surface area contributed by atoms with E-state index < -0.39 is 13.3 Å². The average Bonchev–Trinajstić information content (AvgIpc) is 2.47. The molecule has 1 aliphatic heterocycles. The second-order valence-corrected chi connectivity index (χ2v) is 12.2. The Morgan fingerprint density at radius 2 is 1.43 bits per heavy atom. The first-order valence-electron chi connectivity index (χ1n) is 7.64. The molecule has 0 fully saturated rings. The summed E-state index contributed by atoms with van der Waals surface area (Å²) in [5.41, 5.74) is 3.07. The van der Waals surface area contributed by atoms with Gasteiger partial charge in [-0.05, 0) is 23.1 Å². The molecule has 0 spiro atoms. The van der Waals surface area contributed by atoms with Crippen LogP contribution in [0.5, 0.6) is 0 Å². The van der Waals surface area contributed by atoms with Crippen molar-refractivity contribution in [3.8, 4) is 0 Å². The standard InChI is InChI=1S/C19H22O2Si.Li/c1-22(2,3)19(14-15-10-6-4-7-11-15)17(18(20)21-19)16-12-8-5-9-13-16;/h4-13,20H,14H2,1-3H3;/q;+1/p-1. The molecule has 0 aromatic heterocycles. The molecule has 0 aliphatic carbocycles. The monoisotopic (exact) mass is 316 g/mol. The van der Waals surface area contributed by atoms with E-state index in [1.165, 1.54) is 5.56 Å². The second-order valence-electron chi connectivity index (χ2n) is 6.87. The minimum Gasteiger partial charge on any atom is -0.605 e. The van der Waals surface area contributed by atoms with Crippen LogP contribution in [0.2, 0.25) is 19.6 Å². The van der Waals surface area contributed by atoms with Crippen LogP contribution in [0.3, 0.4) is 0 Å². The molecule has 1 aliphatic rings. The molecule has 4 heteroatoms. The van der Waals surface area contributed by atoms with E-state index in [2.05, 4.69) is 31.8 Å². The molecule has 2 aromatic carbocycles. The summed E-state index contributed by atoms with van der Waals surface area (Å²) in [6.07, 6.45) is 0.763. The molecule has 1 unspecified atom stereocenters. The molecule has 23 heavy (non-hydrogen) atoms. The maximum atomic E-state index is 12.2. The number of benzene rings is 2. The molecule has 0 amide bonds. The quantitative estimate of drug-likeness (QED) is 0.774. The third kappa shape index (κ3) is 3.14. The van der Waals surface area contributed by atoms with Gasteiger partial charge in [0.15, 0.2) is 0 Å². The molecule has 114 valence electrons. The van der Waals surface area contributed by atoms with Gasteiger partial charge in [-0.15, -0.1) is 0 Å². The zero-order valence-corrected chi connectivity index (χ0v) is 15.3. The van der Waals surface area contributed by atoms with Gasteiger partial charge in [0.2, 0.25) is 0 Å². The second kappa shape index (κ2) is 6.61. The van der Waals surface area contributed by atoms with Gasteiger partial charge in [-0.2, -0.15) is 0 Å². The van der Waals surface area contributed by atoms with Crippen molar-refractivity contribution in [3.05, 3.63) is 77.7 Å². The summed E-state index contributed by atoms with van der Waals surface area (Å²) >= 11 is 0. The summed E-state index contributed by atoms with van der Waals surface area (Å²) in [4.78, 5) is 0. The number of rotatable bonds is 4. The van der Waals surface area contributed by atoms with Crippen LogP contribution in [0, 0.1) is 0 Å². The van der Waals surface area contributed by atoms with Gasteiger partial charge in [0, 0.05) is 5.22 Å². The van der Waals surface area contributed by atoms with Gasteiger partial charge < -0.3 is 9.84 Å². The number of ether oxygens (including phenoxy) is 1. The van der Waals surface area contributed by atoms with Crippen molar-refractivity contribution in [2.24, 2.45) is 0 Å². The first-order chi connectivity index (χ1) is 10.4. The zero-order valence-electron chi connectivity index (χ0n) is 14.3. The Balaban J connectivity index is 0.00000192. The molecule has 2 aromatic rings. The Morgan fingerprint density at radius 3 is 1.91 bits per heavy atom. The van der Waals surface area contributed by atoms with Crippen LogP contribution in [0.4, 0.5) is 0 Å². The molecule has 0 radical (unpaired) electrons. The first-order valence-corrected chi connectivity index (χ1v) is 11.1. The largest absolute Gasteiger partial charge is 1.00 e. The number of hydrogen-bond donors (Lipinski definition) is 0. The van der Waals surface area contributed by atoms with Crippen molar-refractivity contribution in [2.75, 3.05) is 0 Å². The van der Waals surface area contributed by atoms with Crippen molar-refractivity contribution in [1.82, 2.24) is 0 Å². The third-order valence-corrected chi connectivity index (χ3v) is 7.40. The molecule has 1 atom stereocenters. The maximum absolute atomic E-state index is 12.2. The van der Waals surface area contributed by atoms with E-state index >= 15 is 0 Å². The molecule has 0 bridgehead atoms. The summed E-state index contributed by atoms with van der Waals surface area (Å²) in [7, 11) is -1.77. The van der Waals surface area contributed by atoms with Crippen molar-refractivity contribution < 1.29 is 28.7 Å². The van der Waals surface area contributed by atoms with Crippen LogP contribution in [0.1, 0.15) is 11.1 Å². The molecule has 1 heterocycles. The Bertz CT molecular complexity index is 692. The van der Waals surface area contributed by atoms with E-state index in [-0.39, 0.29) is 24.8 Å². The predicted molar refractivity (Wildman–Crippen MR) is 90.7 cm³/mol. The van der Waals surface area contributed by atoms with Gasteiger partial charge in [-0.1, -0.05) is 80.3 Å². The van der Waals surface area contributed by atoms with Gasteiger partial charge in [0.25, 0.3) is 0 Å². The van der Waals surface area contributed by atoms with Crippen molar-refractivity contribution in [1.29, 1.82) is 0 Å². The van der Waals surface area contributed by atoms with E-state index in [0.717, 1.165) is 17.6 Å². The Labute approximate surface area is 151 Å². The average molecular weight is 316 g/mol. The summed E-state index contributed by atoms with van der Waals surface area (Å²) in [5, 5.41) is 11.8. The van der Waals surface area contributed by atoms with Crippen LogP contribution < -0.4 is 24.0 Å². The van der Waals surface area contributed by atoms with Crippen LogP contribution in [0.15, 0.2) is 66.6 Å². The van der Waals surface area contributed by atoms with Gasteiger partial charge in [0.05, 0.1) is 14.0 Å². The molecular weight excluding hydrogens is 295 g/mol. The van der Waals surface area contributed by atoms with Crippen molar-refractivity contribution in [3.63, 3.8) is 0 Å². The minimum atomic E-state index is -1.77. The summed E-state index contributed by atoms with van der Waals surface area (Å²) in [6, 6.07) is 20.3. The fraction of sp³-hybridized carbons (Fsp3) is 0.263. The van der Waals surface area contributed by atoms with Gasteiger partial charge in [-0.25, -0.2) is 0 Å². The molecule has 0 saturated carbocycles. The fourth-order valence-electron chi connectivity index (χ4n) is 3.14. The van der Waals surface area contributed by atoms with Crippen LogP contribution >= 0.6 is 0 Å². The molecule has 3 rings (SSSR count). The third-order valence-electron chi connectivity index (χ3n) is 4.44. The van der Waals surface area contributed by atoms with E-state index in [1.807, 2.05) is 48.5 Å². The van der Waals surface area contributed by atoms with E-state index in [1.54, 1.807) is 0 Å². The molecular formula is C19H21LiO2Si. The van der Waals surface area contributed by atoms with Crippen LogP contribution in [-0.4, -0.2) is 13.3 Å². The fourth-order valence-corrected chi connectivity index (χ4v) is 5.27. The van der Waals surface area contributed by atoms with E-state index in [4.69, 9.17) is 4.74 Å². The Morgan fingerprint density at radius 1 is 0.913 bits per heavy atom. The van der Waals surface area contributed by atoms with Crippen molar-refractivity contribution in [2.45, 2.75) is 31.3 Å². The maximum Gasteiger partial charge on any atom is 1.00 e. The zero-order chi connectivity index (χ0) is 15.8. The van der Waals surface area contributed by atoms with Gasteiger partial charge >= 0.3 is 18.9 Å². The number of hydrogen-bond acceptors (Lipinski definition) is 2. The van der Waals surface area contributed by atoms with Crippen LogP contribution in [-0.2, 0) is 11.2 Å². The van der Waals surface area contributed by atoms with E-state index in [9.17, 15) is 5.11 Å². The Kier molecular flexibility index (Phi) is 5.15. The van der Waals surface area contributed by atoms with Gasteiger partial charge in [0.1, 0.15) is 0 Å². The minimum absolute atomic E-state index is 0. The SMILES string of the molecule is C[Si](C)(C)C1(Cc2ccccc2)OC([O-])=C1c1ccccc1.[Li+].